The molecule has 10 heteroatoms. The van der Waals surface area contributed by atoms with Gasteiger partial charge in [0.2, 0.25) is 5.91 Å². The van der Waals surface area contributed by atoms with Gasteiger partial charge in [0.15, 0.2) is 0 Å². The summed E-state index contributed by atoms with van der Waals surface area (Å²) in [7, 11) is 0. The van der Waals surface area contributed by atoms with E-state index in [4.69, 9.17) is 23.7 Å². The number of unbranched alkanes of at least 4 members (excludes halogenated alkanes) is 2. The van der Waals surface area contributed by atoms with Crippen LogP contribution < -0.4 is 19.5 Å². The van der Waals surface area contributed by atoms with Crippen LogP contribution in [0.3, 0.4) is 0 Å². The summed E-state index contributed by atoms with van der Waals surface area (Å²) in [4.78, 5) is 47.3. The average Bonchev–Trinajstić information content (AvgIpc) is 3.13. The molecule has 0 unspecified atom stereocenters. The molecule has 1 N–H and O–H groups in total. The van der Waals surface area contributed by atoms with E-state index in [-0.39, 0.29) is 5.91 Å². The normalized spacial score (nSPS) is 10.8. The minimum absolute atomic E-state index is 0.305. The molecule has 0 aliphatic heterocycles. The summed E-state index contributed by atoms with van der Waals surface area (Å²) in [6.07, 6.45) is 11.3. The number of carbonyl (C=O) groups excluding carboxylic acids is 4. The van der Waals surface area contributed by atoms with Gasteiger partial charge in [0.1, 0.15) is 17.2 Å². The summed E-state index contributed by atoms with van der Waals surface area (Å²) in [5.74, 6) is 0.0823. The van der Waals surface area contributed by atoms with E-state index in [0.717, 1.165) is 47.2 Å². The number of hydrogen-bond acceptors (Lipinski definition) is 9. The molecule has 3 aromatic rings. The van der Waals surface area contributed by atoms with Crippen LogP contribution in [0.15, 0.2) is 98.1 Å². The fourth-order valence-corrected chi connectivity index (χ4v) is 4.30. The first kappa shape index (κ1) is 38.5. The molecule has 3 aromatic carbocycles. The number of rotatable bonds is 20. The van der Waals surface area contributed by atoms with Crippen molar-refractivity contribution in [1.82, 2.24) is 0 Å². The van der Waals surface area contributed by atoms with Crippen molar-refractivity contribution in [3.8, 4) is 17.2 Å². The van der Waals surface area contributed by atoms with Crippen molar-refractivity contribution >= 4 is 41.7 Å². The predicted molar refractivity (Wildman–Crippen MR) is 193 cm³/mol. The molecule has 0 atom stereocenters. The third kappa shape index (κ3) is 14.1. The molecule has 262 valence electrons. The Bertz CT molecular complexity index is 1550. The topological polar surface area (TPSA) is 126 Å². The van der Waals surface area contributed by atoms with Crippen molar-refractivity contribution in [1.29, 1.82) is 0 Å². The van der Waals surface area contributed by atoms with Gasteiger partial charge in [-0.25, -0.2) is 14.4 Å². The first-order valence-corrected chi connectivity index (χ1v) is 16.2. The maximum Gasteiger partial charge on any atom is 0.336 e. The van der Waals surface area contributed by atoms with Crippen molar-refractivity contribution in [3.63, 3.8) is 0 Å². The Morgan fingerprint density at radius 2 is 1.08 bits per heavy atom. The molecule has 0 heterocycles. The molecule has 0 aliphatic carbocycles. The first-order valence-electron chi connectivity index (χ1n) is 16.2. The maximum absolute atomic E-state index is 12.6. The van der Waals surface area contributed by atoms with E-state index in [9.17, 15) is 19.2 Å². The van der Waals surface area contributed by atoms with Crippen molar-refractivity contribution in [3.05, 3.63) is 120 Å². The largest absolute Gasteiger partial charge is 0.494 e. The van der Waals surface area contributed by atoms with Gasteiger partial charge >= 0.3 is 17.9 Å². The molecule has 0 saturated heterocycles. The maximum atomic E-state index is 12.6. The molecule has 0 radical (unpaired) electrons. The summed E-state index contributed by atoms with van der Waals surface area (Å²) in [6, 6.07) is 18.0. The second-order valence-corrected chi connectivity index (χ2v) is 10.9. The number of esters is 3. The van der Waals surface area contributed by atoms with Crippen LogP contribution in [0.2, 0.25) is 0 Å². The minimum atomic E-state index is -0.535. The van der Waals surface area contributed by atoms with Gasteiger partial charge in [-0.3, -0.25) is 4.79 Å². The van der Waals surface area contributed by atoms with Crippen LogP contribution in [0.4, 0.5) is 5.69 Å². The highest BCUT2D eigenvalue weighted by molar-refractivity contribution is 6.02. The van der Waals surface area contributed by atoms with E-state index in [1.54, 1.807) is 24.3 Å². The zero-order valence-electron chi connectivity index (χ0n) is 28.5. The van der Waals surface area contributed by atoms with Gasteiger partial charge in [-0.05, 0) is 110 Å². The lowest BCUT2D eigenvalue weighted by Gasteiger charge is -2.13. The Balaban J connectivity index is 1.41. The SMILES string of the molecule is C=CC(=O)OCCCCOc1ccc(/C=C/C(=O)Nc2ccc(OC(=O)/C=C/c3ccc(OCCCCOC(=O)C=C)cc3)c(C)c2C)cc1. The molecular formula is C40H43NO9. The molecule has 0 bridgehead atoms. The van der Waals surface area contributed by atoms with Crippen LogP contribution in [-0.2, 0) is 28.7 Å². The van der Waals surface area contributed by atoms with E-state index >= 15 is 0 Å². The second-order valence-electron chi connectivity index (χ2n) is 10.9. The Labute approximate surface area is 293 Å². The van der Waals surface area contributed by atoms with Crippen LogP contribution >= 0.6 is 0 Å². The van der Waals surface area contributed by atoms with Crippen LogP contribution in [0, 0.1) is 13.8 Å². The Morgan fingerprint density at radius 1 is 0.600 bits per heavy atom. The van der Waals surface area contributed by atoms with E-state index in [0.29, 0.717) is 62.2 Å². The van der Waals surface area contributed by atoms with Gasteiger partial charge in [-0.15, -0.1) is 0 Å². The number of nitrogens with one attached hydrogen (secondary N) is 1. The Hall–Kier alpha value is -5.90. The molecular weight excluding hydrogens is 638 g/mol. The van der Waals surface area contributed by atoms with Gasteiger partial charge < -0.3 is 29.0 Å². The Kier molecular flexibility index (Phi) is 16.3. The molecule has 1 amide bonds. The molecule has 3 rings (SSSR count). The summed E-state index contributed by atoms with van der Waals surface area (Å²) in [6.45, 7) is 12.0. The Morgan fingerprint density at radius 3 is 1.58 bits per heavy atom. The smallest absolute Gasteiger partial charge is 0.336 e. The molecule has 0 fully saturated rings. The zero-order chi connectivity index (χ0) is 36.1. The second kappa shape index (κ2) is 21.1. The van der Waals surface area contributed by atoms with Crippen molar-refractivity contribution in [2.45, 2.75) is 39.5 Å². The third-order valence-corrected chi connectivity index (χ3v) is 7.24. The van der Waals surface area contributed by atoms with Crippen molar-refractivity contribution in [2.75, 3.05) is 31.7 Å². The number of carbonyl (C=O) groups is 4. The van der Waals surface area contributed by atoms with E-state index in [1.165, 1.54) is 12.2 Å². The summed E-state index contributed by atoms with van der Waals surface area (Å²) in [5, 5.41) is 2.87. The average molecular weight is 682 g/mol. The molecule has 50 heavy (non-hydrogen) atoms. The quantitative estimate of drug-likeness (QED) is 0.0564. The minimum Gasteiger partial charge on any atom is -0.494 e. The van der Waals surface area contributed by atoms with Crippen LogP contribution in [0.25, 0.3) is 12.2 Å². The number of ether oxygens (including phenoxy) is 5. The van der Waals surface area contributed by atoms with Gasteiger partial charge in [0.25, 0.3) is 0 Å². The van der Waals surface area contributed by atoms with Crippen LogP contribution in [0.5, 0.6) is 17.2 Å². The van der Waals surface area contributed by atoms with E-state index in [1.807, 2.05) is 62.4 Å². The lowest BCUT2D eigenvalue weighted by molar-refractivity contribution is -0.138. The lowest BCUT2D eigenvalue weighted by Crippen LogP contribution is -2.11. The molecule has 10 nitrogen and oxygen atoms in total. The molecule has 0 aliphatic rings. The summed E-state index contributed by atoms with van der Waals surface area (Å²) in [5.41, 5.74) is 3.73. The van der Waals surface area contributed by atoms with Gasteiger partial charge in [0.05, 0.1) is 26.4 Å². The monoisotopic (exact) mass is 681 g/mol. The van der Waals surface area contributed by atoms with Gasteiger partial charge in [0, 0.05) is 30.0 Å². The molecule has 0 spiro atoms. The standard InChI is InChI=1S/C40H43NO9/c1-5-38(43)48-27-9-7-25-46-33-17-11-31(12-18-33)15-23-37(42)41-35-21-22-36(30(4)29(35)3)50-40(45)24-16-32-13-19-34(20-14-32)47-26-8-10-28-49-39(44)6-2/h5-6,11-24H,1-2,7-10,25-28H2,3-4H3,(H,41,42)/b23-15+,24-16+. The van der Waals surface area contributed by atoms with Crippen molar-refractivity contribution < 1.29 is 42.9 Å². The van der Waals surface area contributed by atoms with Gasteiger partial charge in [-0.1, -0.05) is 37.4 Å². The first-order chi connectivity index (χ1) is 24.2. The highest BCUT2D eigenvalue weighted by Crippen LogP contribution is 2.28. The fraction of sp³-hybridized carbons (Fsp3) is 0.250. The summed E-state index contributed by atoms with van der Waals surface area (Å²) < 4.78 is 26.8. The van der Waals surface area contributed by atoms with E-state index in [2.05, 4.69) is 18.5 Å². The molecule has 0 aromatic heterocycles. The zero-order valence-corrected chi connectivity index (χ0v) is 28.5. The summed E-state index contributed by atoms with van der Waals surface area (Å²) >= 11 is 0. The third-order valence-electron chi connectivity index (χ3n) is 7.24. The van der Waals surface area contributed by atoms with Gasteiger partial charge in [-0.2, -0.15) is 0 Å². The lowest BCUT2D eigenvalue weighted by atomic mass is 10.1. The van der Waals surface area contributed by atoms with Crippen molar-refractivity contribution in [2.24, 2.45) is 0 Å². The number of hydrogen-bond donors (Lipinski definition) is 1. The van der Waals surface area contributed by atoms with E-state index < -0.39 is 17.9 Å². The van der Waals surface area contributed by atoms with Crippen LogP contribution in [0.1, 0.15) is 47.9 Å². The van der Waals surface area contributed by atoms with Crippen LogP contribution in [-0.4, -0.2) is 50.2 Å². The number of anilines is 1. The highest BCUT2D eigenvalue weighted by atomic mass is 16.5. The highest BCUT2D eigenvalue weighted by Gasteiger charge is 2.11. The predicted octanol–water partition coefficient (Wildman–Crippen LogP) is 7.35. The number of amides is 1. The fourth-order valence-electron chi connectivity index (χ4n) is 4.30. The number of benzene rings is 3. The molecule has 0 saturated carbocycles.